The van der Waals surface area contributed by atoms with Crippen LogP contribution >= 0.6 is 0 Å². The third-order valence-electron chi connectivity index (χ3n) is 1.97. The van der Waals surface area contributed by atoms with Crippen LogP contribution in [0.4, 0.5) is 0 Å². The van der Waals surface area contributed by atoms with Gasteiger partial charge in [0.2, 0.25) is 0 Å². The van der Waals surface area contributed by atoms with Crippen molar-refractivity contribution in [2.75, 3.05) is 39.5 Å². The first-order valence-electron chi connectivity index (χ1n) is 6.17. The Balaban J connectivity index is 3.25. The van der Waals surface area contributed by atoms with Crippen LogP contribution in [-0.4, -0.2) is 61.4 Å². The molecular formula is C12H27NO4. The number of hydrogen-bond acceptors (Lipinski definition) is 5. The highest BCUT2D eigenvalue weighted by atomic mass is 16.5. The maximum absolute atomic E-state index is 9.60. The van der Waals surface area contributed by atoms with Gasteiger partial charge in [0, 0.05) is 13.2 Å². The van der Waals surface area contributed by atoms with Crippen molar-refractivity contribution >= 4 is 0 Å². The summed E-state index contributed by atoms with van der Waals surface area (Å²) in [7, 11) is 0. The number of ether oxygens (including phenoxy) is 2. The van der Waals surface area contributed by atoms with Gasteiger partial charge in [-0.15, -0.1) is 0 Å². The summed E-state index contributed by atoms with van der Waals surface area (Å²) in [6, 6.07) is 0. The van der Waals surface area contributed by atoms with E-state index in [1.165, 1.54) is 0 Å². The molecule has 0 fully saturated rings. The number of aliphatic hydroxyl groups excluding tert-OH is 2. The topological polar surface area (TPSA) is 71.0 Å². The molecule has 3 N–H and O–H groups in total. The zero-order valence-corrected chi connectivity index (χ0v) is 11.2. The number of rotatable bonds is 10. The molecule has 0 aromatic carbocycles. The minimum atomic E-state index is -0.479. The highest BCUT2D eigenvalue weighted by Gasteiger charge is 2.12. The molecule has 0 heterocycles. The van der Waals surface area contributed by atoms with Gasteiger partial charge in [0.25, 0.3) is 0 Å². The molecule has 0 aliphatic carbocycles. The Morgan fingerprint density at radius 3 is 2.53 bits per heavy atom. The van der Waals surface area contributed by atoms with Crippen LogP contribution in [0.2, 0.25) is 0 Å². The Hall–Kier alpha value is -0.200. The lowest BCUT2D eigenvalue weighted by molar-refractivity contribution is -0.0478. The second-order valence-corrected chi connectivity index (χ2v) is 4.97. The smallest absolute Gasteiger partial charge is 0.0897 e. The fraction of sp³-hybridized carbons (Fsp3) is 1.00. The molecule has 0 amide bonds. The predicted octanol–water partition coefficient (Wildman–Crippen LogP) is 0.151. The van der Waals surface area contributed by atoms with Crippen molar-refractivity contribution < 1.29 is 19.7 Å². The van der Waals surface area contributed by atoms with Gasteiger partial charge < -0.3 is 25.0 Å². The van der Waals surface area contributed by atoms with Crippen molar-refractivity contribution in [3.05, 3.63) is 0 Å². The van der Waals surface area contributed by atoms with E-state index in [4.69, 9.17) is 14.6 Å². The molecule has 104 valence electrons. The molecule has 0 saturated carbocycles. The average molecular weight is 249 g/mol. The van der Waals surface area contributed by atoms with E-state index in [1.54, 1.807) is 0 Å². The molecule has 17 heavy (non-hydrogen) atoms. The van der Waals surface area contributed by atoms with Gasteiger partial charge >= 0.3 is 0 Å². The van der Waals surface area contributed by atoms with Crippen molar-refractivity contribution in [1.29, 1.82) is 0 Å². The third kappa shape index (κ3) is 13.7. The standard InChI is InChI=1S/C12H27NO4/c1-12(2,3)17-10-11(15)9-13-5-4-7-16-8-6-14/h11,13-15H,4-10H2,1-3H3. The lowest BCUT2D eigenvalue weighted by Crippen LogP contribution is -2.34. The Kier molecular flexibility index (Phi) is 9.68. The monoisotopic (exact) mass is 249 g/mol. The van der Waals surface area contributed by atoms with Gasteiger partial charge in [-0.3, -0.25) is 0 Å². The van der Waals surface area contributed by atoms with E-state index < -0.39 is 6.10 Å². The van der Waals surface area contributed by atoms with Gasteiger partial charge in [-0.2, -0.15) is 0 Å². The Morgan fingerprint density at radius 1 is 1.24 bits per heavy atom. The van der Waals surface area contributed by atoms with E-state index in [1.807, 2.05) is 20.8 Å². The van der Waals surface area contributed by atoms with E-state index >= 15 is 0 Å². The first kappa shape index (κ1) is 16.8. The van der Waals surface area contributed by atoms with Crippen LogP contribution in [0.3, 0.4) is 0 Å². The predicted molar refractivity (Wildman–Crippen MR) is 67.1 cm³/mol. The van der Waals surface area contributed by atoms with Crippen LogP contribution in [-0.2, 0) is 9.47 Å². The largest absolute Gasteiger partial charge is 0.394 e. The first-order valence-corrected chi connectivity index (χ1v) is 6.17. The van der Waals surface area contributed by atoms with E-state index in [-0.39, 0.29) is 12.2 Å². The van der Waals surface area contributed by atoms with Gasteiger partial charge in [0.15, 0.2) is 0 Å². The molecule has 5 nitrogen and oxygen atoms in total. The fourth-order valence-electron chi connectivity index (χ4n) is 1.14. The van der Waals surface area contributed by atoms with E-state index in [0.29, 0.717) is 26.4 Å². The molecule has 0 aromatic rings. The van der Waals surface area contributed by atoms with Crippen LogP contribution in [0.5, 0.6) is 0 Å². The van der Waals surface area contributed by atoms with Gasteiger partial charge in [0.05, 0.1) is 31.5 Å². The molecule has 0 bridgehead atoms. The van der Waals surface area contributed by atoms with Crippen LogP contribution in [0.15, 0.2) is 0 Å². The van der Waals surface area contributed by atoms with Gasteiger partial charge in [-0.1, -0.05) is 0 Å². The van der Waals surface area contributed by atoms with E-state index in [2.05, 4.69) is 5.32 Å². The lowest BCUT2D eigenvalue weighted by atomic mass is 10.2. The van der Waals surface area contributed by atoms with Crippen molar-refractivity contribution in [3.8, 4) is 0 Å². The summed E-state index contributed by atoms with van der Waals surface area (Å²) in [6.07, 6.45) is 0.389. The fourth-order valence-corrected chi connectivity index (χ4v) is 1.14. The summed E-state index contributed by atoms with van der Waals surface area (Å²) in [4.78, 5) is 0. The highest BCUT2D eigenvalue weighted by Crippen LogP contribution is 2.06. The lowest BCUT2D eigenvalue weighted by Gasteiger charge is -2.22. The molecule has 0 aliphatic heterocycles. The maximum Gasteiger partial charge on any atom is 0.0897 e. The van der Waals surface area contributed by atoms with Crippen LogP contribution in [0.25, 0.3) is 0 Å². The van der Waals surface area contributed by atoms with E-state index in [0.717, 1.165) is 13.0 Å². The van der Waals surface area contributed by atoms with Crippen molar-refractivity contribution in [2.24, 2.45) is 0 Å². The molecular weight excluding hydrogens is 222 g/mol. The normalized spacial score (nSPS) is 13.9. The van der Waals surface area contributed by atoms with Gasteiger partial charge in [-0.25, -0.2) is 0 Å². The van der Waals surface area contributed by atoms with Gasteiger partial charge in [-0.05, 0) is 33.7 Å². The SMILES string of the molecule is CC(C)(C)OCC(O)CNCCCOCCO. The van der Waals surface area contributed by atoms with Crippen molar-refractivity contribution in [3.63, 3.8) is 0 Å². The zero-order chi connectivity index (χ0) is 13.1. The molecule has 0 radical (unpaired) electrons. The summed E-state index contributed by atoms with van der Waals surface area (Å²) >= 11 is 0. The molecule has 1 atom stereocenters. The van der Waals surface area contributed by atoms with Crippen LogP contribution in [0.1, 0.15) is 27.2 Å². The zero-order valence-electron chi connectivity index (χ0n) is 11.2. The molecule has 0 aliphatic rings. The third-order valence-corrected chi connectivity index (χ3v) is 1.97. The quantitative estimate of drug-likeness (QED) is 0.481. The number of aliphatic hydroxyl groups is 2. The second-order valence-electron chi connectivity index (χ2n) is 4.97. The Bertz CT molecular complexity index is 170. The van der Waals surface area contributed by atoms with E-state index in [9.17, 15) is 5.11 Å². The summed E-state index contributed by atoms with van der Waals surface area (Å²) in [5.41, 5.74) is -0.209. The second kappa shape index (κ2) is 9.79. The van der Waals surface area contributed by atoms with Crippen molar-refractivity contribution in [2.45, 2.75) is 38.9 Å². The molecule has 0 rings (SSSR count). The minimum Gasteiger partial charge on any atom is -0.394 e. The highest BCUT2D eigenvalue weighted by molar-refractivity contribution is 4.64. The minimum absolute atomic E-state index is 0.0658. The maximum atomic E-state index is 9.60. The molecule has 5 heteroatoms. The van der Waals surface area contributed by atoms with Gasteiger partial charge in [0.1, 0.15) is 0 Å². The summed E-state index contributed by atoms with van der Waals surface area (Å²) in [5.74, 6) is 0. The molecule has 0 aromatic heterocycles. The Morgan fingerprint density at radius 2 is 1.94 bits per heavy atom. The average Bonchev–Trinajstić information content (AvgIpc) is 2.24. The number of hydrogen-bond donors (Lipinski definition) is 3. The summed E-state index contributed by atoms with van der Waals surface area (Å²) in [6.45, 7) is 8.63. The number of nitrogens with one attached hydrogen (secondary N) is 1. The van der Waals surface area contributed by atoms with Crippen LogP contribution < -0.4 is 5.32 Å². The van der Waals surface area contributed by atoms with Crippen LogP contribution in [0, 0.1) is 0 Å². The molecule has 0 spiro atoms. The summed E-state index contributed by atoms with van der Waals surface area (Å²) in [5, 5.41) is 21.2. The first-order chi connectivity index (χ1) is 7.95. The molecule has 1 unspecified atom stereocenters. The summed E-state index contributed by atoms with van der Waals surface area (Å²) < 4.78 is 10.6. The van der Waals surface area contributed by atoms with Crippen molar-refractivity contribution in [1.82, 2.24) is 5.32 Å². The Labute approximate surface area is 104 Å². The molecule has 0 saturated heterocycles.